The number of aliphatic carboxylic acids is 1. The van der Waals surface area contributed by atoms with Gasteiger partial charge >= 0.3 is 12.1 Å². The molecule has 3 heterocycles. The Bertz CT molecular complexity index is 1580. The summed E-state index contributed by atoms with van der Waals surface area (Å²) in [5.74, 6) is -4.16. The van der Waals surface area contributed by atoms with Crippen LogP contribution in [0, 0.1) is 5.82 Å². The number of nitrogens with one attached hydrogen (secondary N) is 2. The molecule has 258 valence electrons. The average molecular weight is 671 g/mol. The maximum atomic E-state index is 14.2. The molecule has 48 heavy (non-hydrogen) atoms. The summed E-state index contributed by atoms with van der Waals surface area (Å²) in [7, 11) is 0. The Labute approximate surface area is 275 Å². The molecule has 3 fully saturated rings. The third-order valence-corrected chi connectivity index (χ3v) is 8.74. The molecule has 1 saturated carbocycles. The number of pyridine rings is 1. The van der Waals surface area contributed by atoms with Crippen LogP contribution in [0.4, 0.5) is 9.18 Å². The molecule has 5 rings (SSSR count). The number of amides is 5. The highest BCUT2D eigenvalue weighted by Gasteiger charge is 2.36. The molecule has 2 aliphatic heterocycles. The van der Waals surface area contributed by atoms with Gasteiger partial charge in [0.25, 0.3) is 11.8 Å². The van der Waals surface area contributed by atoms with Gasteiger partial charge < -0.3 is 39.9 Å². The lowest BCUT2D eigenvalue weighted by Gasteiger charge is -2.35. The number of hydrogen-bond donors (Lipinski definition) is 3. The first-order valence-electron chi connectivity index (χ1n) is 16.1. The van der Waals surface area contributed by atoms with E-state index >= 15 is 0 Å². The van der Waals surface area contributed by atoms with Crippen molar-refractivity contribution in [3.63, 3.8) is 0 Å². The second-order valence-electron chi connectivity index (χ2n) is 12.0. The largest absolute Gasteiger partial charge is 0.483 e. The molecule has 2 atom stereocenters. The number of carboxylic acid groups (broad SMARTS) is 1. The van der Waals surface area contributed by atoms with E-state index in [0.717, 1.165) is 25.3 Å². The van der Waals surface area contributed by atoms with Crippen molar-refractivity contribution in [1.29, 1.82) is 0 Å². The van der Waals surface area contributed by atoms with Crippen LogP contribution in [0.3, 0.4) is 0 Å². The van der Waals surface area contributed by atoms with Crippen molar-refractivity contribution in [2.75, 3.05) is 45.9 Å². The molecule has 2 saturated heterocycles. The lowest BCUT2D eigenvalue weighted by molar-refractivity contribution is -0.143. The van der Waals surface area contributed by atoms with Crippen molar-refractivity contribution >= 4 is 46.6 Å². The highest BCUT2D eigenvalue weighted by atomic mass is 19.1. The van der Waals surface area contributed by atoms with Gasteiger partial charge in [-0.1, -0.05) is 0 Å². The lowest BCUT2D eigenvalue weighted by atomic mass is 9.93. The molecule has 3 N–H and O–H groups in total. The number of piperazine rings is 1. The first-order chi connectivity index (χ1) is 23.0. The van der Waals surface area contributed by atoms with Crippen molar-refractivity contribution in [3.8, 4) is 5.75 Å². The number of ether oxygens (including phenoxy) is 2. The fraction of sp³-hybridized carbons (Fsp3) is 0.531. The van der Waals surface area contributed by atoms with Crippen LogP contribution >= 0.6 is 0 Å². The molecule has 2 aromatic rings. The Hall–Kier alpha value is -5.02. The van der Waals surface area contributed by atoms with E-state index in [2.05, 4.69) is 15.6 Å². The van der Waals surface area contributed by atoms with E-state index in [1.54, 1.807) is 6.92 Å². The Morgan fingerprint density at radius 1 is 1.00 bits per heavy atom. The predicted octanol–water partition coefficient (Wildman–Crippen LogP) is 1.29. The number of benzene rings is 1. The standard InChI is InChI=1S/C32H39FN6O9/c1-2-47-32(46)38-13-11-37(12-14-38)31(45)24(17-28(41)42)36-29(43)23-16-26(21-9-8-19(33)15-22(21)35-23)48-18-27(40)39-10-4-7-25(39)30(44)34-20-5-3-6-20/h8-9,15-16,20,24-25H,2-7,10-14,17-18H2,1H3,(H,34,44)(H,36,43)(H,41,42). The van der Waals surface area contributed by atoms with Crippen LogP contribution in [-0.2, 0) is 23.9 Å². The monoisotopic (exact) mass is 670 g/mol. The quantitative estimate of drug-likeness (QED) is 0.314. The van der Waals surface area contributed by atoms with Gasteiger partial charge in [0.15, 0.2) is 6.61 Å². The number of carbonyl (C=O) groups is 6. The van der Waals surface area contributed by atoms with Crippen LogP contribution in [0.25, 0.3) is 10.9 Å². The molecule has 2 unspecified atom stereocenters. The maximum Gasteiger partial charge on any atom is 0.409 e. The van der Waals surface area contributed by atoms with E-state index < -0.39 is 60.7 Å². The van der Waals surface area contributed by atoms with E-state index in [-0.39, 0.29) is 61.7 Å². The lowest BCUT2D eigenvalue weighted by Crippen LogP contribution is -2.56. The summed E-state index contributed by atoms with van der Waals surface area (Å²) >= 11 is 0. The minimum atomic E-state index is -1.47. The highest BCUT2D eigenvalue weighted by molar-refractivity contribution is 6.00. The number of likely N-dealkylation sites (tertiary alicyclic amines) is 1. The molecule has 1 aliphatic carbocycles. The molecule has 1 aromatic carbocycles. The van der Waals surface area contributed by atoms with Gasteiger partial charge in [-0.15, -0.1) is 0 Å². The molecule has 15 nitrogen and oxygen atoms in total. The number of rotatable bonds is 11. The van der Waals surface area contributed by atoms with Crippen LogP contribution in [-0.4, -0.2) is 125 Å². The summed E-state index contributed by atoms with van der Waals surface area (Å²) in [6, 6.07) is 2.91. The zero-order chi connectivity index (χ0) is 34.4. The van der Waals surface area contributed by atoms with Crippen LogP contribution in [0.5, 0.6) is 5.75 Å². The van der Waals surface area contributed by atoms with E-state index in [0.29, 0.717) is 24.8 Å². The van der Waals surface area contributed by atoms with Gasteiger partial charge in [-0.05, 0) is 51.2 Å². The maximum absolute atomic E-state index is 14.2. The van der Waals surface area contributed by atoms with Gasteiger partial charge in [0.05, 0.1) is 18.5 Å². The van der Waals surface area contributed by atoms with Crippen LogP contribution in [0.2, 0.25) is 0 Å². The van der Waals surface area contributed by atoms with E-state index in [4.69, 9.17) is 9.47 Å². The number of fused-ring (bicyclic) bond motifs is 1. The minimum Gasteiger partial charge on any atom is -0.483 e. The SMILES string of the molecule is CCOC(=O)N1CCN(C(=O)C(CC(=O)O)NC(=O)c2cc(OCC(=O)N3CCCC3C(=O)NC3CCC3)c3ccc(F)cc3n2)CC1. The molecular weight excluding hydrogens is 631 g/mol. The average Bonchev–Trinajstić information content (AvgIpc) is 3.54. The summed E-state index contributed by atoms with van der Waals surface area (Å²) in [5.41, 5.74) is -0.273. The molecule has 1 aromatic heterocycles. The minimum absolute atomic E-state index is 0.0280. The van der Waals surface area contributed by atoms with E-state index in [1.807, 2.05) is 0 Å². The van der Waals surface area contributed by atoms with Crippen molar-refractivity contribution < 1.29 is 47.7 Å². The normalized spacial score (nSPS) is 18.5. The summed E-state index contributed by atoms with van der Waals surface area (Å²) in [5, 5.41) is 15.2. The Balaban J connectivity index is 1.29. The number of nitrogens with zero attached hydrogens (tertiary/aromatic N) is 4. The number of halogens is 1. The van der Waals surface area contributed by atoms with E-state index in [1.165, 1.54) is 32.9 Å². The molecule has 16 heteroatoms. The summed E-state index contributed by atoms with van der Waals surface area (Å²) in [4.78, 5) is 84.9. The van der Waals surface area contributed by atoms with Crippen LogP contribution in [0.1, 0.15) is 55.9 Å². The second kappa shape index (κ2) is 15.3. The summed E-state index contributed by atoms with van der Waals surface area (Å²) < 4.78 is 25.0. The molecule has 0 spiro atoms. The smallest absolute Gasteiger partial charge is 0.409 e. The summed E-state index contributed by atoms with van der Waals surface area (Å²) in [6.45, 7) is 2.32. The molecular formula is C32H39FN6O9. The molecule has 0 bridgehead atoms. The van der Waals surface area contributed by atoms with Crippen molar-refractivity contribution in [2.45, 2.75) is 63.6 Å². The van der Waals surface area contributed by atoms with Gasteiger partial charge in [0, 0.05) is 56.3 Å². The van der Waals surface area contributed by atoms with Crippen LogP contribution < -0.4 is 15.4 Å². The second-order valence-corrected chi connectivity index (χ2v) is 12.0. The summed E-state index contributed by atoms with van der Waals surface area (Å²) in [6.07, 6.45) is 2.84. The topological polar surface area (TPSA) is 188 Å². The first-order valence-corrected chi connectivity index (χ1v) is 16.1. The third-order valence-electron chi connectivity index (χ3n) is 8.74. The van der Waals surface area contributed by atoms with Gasteiger partial charge in [-0.2, -0.15) is 0 Å². The Kier molecular flexibility index (Phi) is 10.9. The molecule has 5 amide bonds. The predicted molar refractivity (Wildman–Crippen MR) is 166 cm³/mol. The fourth-order valence-corrected chi connectivity index (χ4v) is 5.97. The Morgan fingerprint density at radius 3 is 2.40 bits per heavy atom. The fourth-order valence-electron chi connectivity index (χ4n) is 5.97. The molecule has 0 radical (unpaired) electrons. The van der Waals surface area contributed by atoms with Gasteiger partial charge in [-0.3, -0.25) is 24.0 Å². The van der Waals surface area contributed by atoms with Gasteiger partial charge in [-0.25, -0.2) is 14.2 Å². The highest BCUT2D eigenvalue weighted by Crippen LogP contribution is 2.28. The van der Waals surface area contributed by atoms with Gasteiger partial charge in [0.1, 0.15) is 29.3 Å². The Morgan fingerprint density at radius 2 is 1.73 bits per heavy atom. The number of aromatic nitrogens is 1. The van der Waals surface area contributed by atoms with Gasteiger partial charge in [0.2, 0.25) is 11.8 Å². The first kappa shape index (κ1) is 34.3. The molecule has 3 aliphatic rings. The number of carbonyl (C=O) groups excluding carboxylic acids is 5. The van der Waals surface area contributed by atoms with Crippen molar-refractivity contribution in [2.24, 2.45) is 0 Å². The van der Waals surface area contributed by atoms with Crippen LogP contribution in [0.15, 0.2) is 24.3 Å². The van der Waals surface area contributed by atoms with Crippen molar-refractivity contribution in [1.82, 2.24) is 30.3 Å². The zero-order valence-electron chi connectivity index (χ0n) is 26.6. The third kappa shape index (κ3) is 8.09. The van der Waals surface area contributed by atoms with E-state index in [9.17, 15) is 38.3 Å². The van der Waals surface area contributed by atoms with Crippen molar-refractivity contribution in [3.05, 3.63) is 35.8 Å². The number of hydrogen-bond acceptors (Lipinski definition) is 9. The number of carboxylic acids is 1. The zero-order valence-corrected chi connectivity index (χ0v) is 26.6.